The second-order valence-electron chi connectivity index (χ2n) is 4.87. The lowest BCUT2D eigenvalue weighted by Gasteiger charge is -2.32. The van der Waals surface area contributed by atoms with Crippen molar-refractivity contribution >= 4 is 11.6 Å². The number of likely N-dealkylation sites (tertiary alicyclic amines) is 1. The summed E-state index contributed by atoms with van der Waals surface area (Å²) in [4.78, 5) is 12.7. The average molecular weight is 308 g/mol. The standard InChI is InChI=1S/C13H13F5N2O/c1-6(21)20-4-2-7(3-5-20)19-13-11(17)9(15)8(14)10(16)12(13)18/h7,19H,2-5H2,1H3. The number of carbonyl (C=O) groups is 1. The van der Waals surface area contributed by atoms with Gasteiger partial charge in [-0.25, -0.2) is 22.0 Å². The highest BCUT2D eigenvalue weighted by Crippen LogP contribution is 2.28. The highest BCUT2D eigenvalue weighted by Gasteiger charge is 2.28. The predicted molar refractivity (Wildman–Crippen MR) is 65.1 cm³/mol. The molecule has 1 aromatic rings. The molecule has 0 spiro atoms. The summed E-state index contributed by atoms with van der Waals surface area (Å²) in [5.41, 5.74) is -1.02. The molecule has 2 rings (SSSR count). The number of halogens is 5. The lowest BCUT2D eigenvalue weighted by Crippen LogP contribution is -2.41. The molecule has 0 unspecified atom stereocenters. The van der Waals surface area contributed by atoms with Crippen molar-refractivity contribution in [1.82, 2.24) is 4.90 Å². The van der Waals surface area contributed by atoms with Crippen molar-refractivity contribution in [2.45, 2.75) is 25.8 Å². The zero-order valence-electron chi connectivity index (χ0n) is 11.2. The second kappa shape index (κ2) is 5.87. The molecule has 1 aliphatic heterocycles. The van der Waals surface area contributed by atoms with E-state index in [-0.39, 0.29) is 5.91 Å². The van der Waals surface area contributed by atoms with Crippen LogP contribution in [0.2, 0.25) is 0 Å². The molecule has 116 valence electrons. The van der Waals surface area contributed by atoms with Crippen LogP contribution in [0.5, 0.6) is 0 Å². The Labute approximate surface area is 117 Å². The molecule has 0 aliphatic carbocycles. The van der Waals surface area contributed by atoms with Gasteiger partial charge in [0, 0.05) is 26.1 Å². The van der Waals surface area contributed by atoms with Crippen molar-refractivity contribution in [3.05, 3.63) is 29.1 Å². The SMILES string of the molecule is CC(=O)N1CCC(Nc2c(F)c(F)c(F)c(F)c2F)CC1. The summed E-state index contributed by atoms with van der Waals surface area (Å²) in [6, 6.07) is -0.464. The van der Waals surface area contributed by atoms with E-state index in [4.69, 9.17) is 0 Å². The topological polar surface area (TPSA) is 32.3 Å². The Hall–Kier alpha value is -1.86. The molecule has 0 atom stereocenters. The Morgan fingerprint density at radius 1 is 0.952 bits per heavy atom. The number of nitrogens with zero attached hydrogens (tertiary/aromatic N) is 1. The first kappa shape index (κ1) is 15.5. The van der Waals surface area contributed by atoms with Crippen LogP contribution < -0.4 is 5.32 Å². The zero-order chi connectivity index (χ0) is 15.7. The smallest absolute Gasteiger partial charge is 0.219 e. The second-order valence-corrected chi connectivity index (χ2v) is 4.87. The Morgan fingerprint density at radius 3 is 1.81 bits per heavy atom. The van der Waals surface area contributed by atoms with Crippen LogP contribution in [0, 0.1) is 29.1 Å². The number of anilines is 1. The fraction of sp³-hybridized carbons (Fsp3) is 0.462. The first-order valence-electron chi connectivity index (χ1n) is 6.36. The van der Waals surface area contributed by atoms with Gasteiger partial charge in [-0.05, 0) is 12.8 Å². The lowest BCUT2D eigenvalue weighted by atomic mass is 10.0. The summed E-state index contributed by atoms with van der Waals surface area (Å²) in [6.07, 6.45) is 0.720. The molecule has 1 amide bonds. The van der Waals surface area contributed by atoms with Crippen LogP contribution in [0.3, 0.4) is 0 Å². The number of rotatable bonds is 2. The van der Waals surface area contributed by atoms with Gasteiger partial charge in [0.15, 0.2) is 23.3 Å². The highest BCUT2D eigenvalue weighted by atomic mass is 19.2. The van der Waals surface area contributed by atoms with Gasteiger partial charge in [-0.3, -0.25) is 4.79 Å². The fourth-order valence-corrected chi connectivity index (χ4v) is 2.27. The van der Waals surface area contributed by atoms with E-state index in [0.29, 0.717) is 25.9 Å². The molecule has 1 aliphatic rings. The number of nitrogens with one attached hydrogen (secondary N) is 1. The van der Waals surface area contributed by atoms with Crippen LogP contribution in [0.1, 0.15) is 19.8 Å². The Balaban J connectivity index is 2.16. The number of hydrogen-bond acceptors (Lipinski definition) is 2. The highest BCUT2D eigenvalue weighted by molar-refractivity contribution is 5.73. The third-order valence-electron chi connectivity index (χ3n) is 3.50. The monoisotopic (exact) mass is 308 g/mol. The minimum atomic E-state index is -2.18. The summed E-state index contributed by atoms with van der Waals surface area (Å²) in [5.74, 6) is -10.00. The number of hydrogen-bond donors (Lipinski definition) is 1. The molecule has 1 aromatic carbocycles. The van der Waals surface area contributed by atoms with Crippen molar-refractivity contribution in [2.24, 2.45) is 0 Å². The summed E-state index contributed by atoms with van der Waals surface area (Å²) in [6.45, 7) is 2.13. The van der Waals surface area contributed by atoms with Gasteiger partial charge in [0.25, 0.3) is 0 Å². The molecule has 0 saturated carbocycles. The largest absolute Gasteiger partial charge is 0.377 e. The molecule has 3 nitrogen and oxygen atoms in total. The van der Waals surface area contributed by atoms with Gasteiger partial charge in [0.1, 0.15) is 5.69 Å². The quantitative estimate of drug-likeness (QED) is 0.518. The first-order valence-corrected chi connectivity index (χ1v) is 6.36. The Bertz CT molecular complexity index is 541. The normalized spacial score (nSPS) is 16.2. The molecule has 1 heterocycles. The summed E-state index contributed by atoms with van der Waals surface area (Å²) in [5, 5.41) is 2.35. The van der Waals surface area contributed by atoms with Crippen LogP contribution >= 0.6 is 0 Å². The summed E-state index contributed by atoms with van der Waals surface area (Å²) in [7, 11) is 0. The molecular formula is C13H13F5N2O. The Morgan fingerprint density at radius 2 is 1.38 bits per heavy atom. The lowest BCUT2D eigenvalue weighted by molar-refractivity contribution is -0.129. The number of benzene rings is 1. The molecule has 1 saturated heterocycles. The maximum absolute atomic E-state index is 13.5. The maximum atomic E-state index is 13.5. The van der Waals surface area contributed by atoms with E-state index < -0.39 is 40.8 Å². The molecule has 0 bridgehead atoms. The van der Waals surface area contributed by atoms with E-state index in [2.05, 4.69) is 5.32 Å². The summed E-state index contributed by atoms with van der Waals surface area (Å²) >= 11 is 0. The van der Waals surface area contributed by atoms with Crippen LogP contribution in [0.15, 0.2) is 0 Å². The van der Waals surface area contributed by atoms with Gasteiger partial charge in [-0.15, -0.1) is 0 Å². The van der Waals surface area contributed by atoms with E-state index in [0.717, 1.165) is 0 Å². The van der Waals surface area contributed by atoms with Crippen molar-refractivity contribution in [3.63, 3.8) is 0 Å². The molecule has 1 fully saturated rings. The predicted octanol–water partition coefficient (Wildman–Crippen LogP) is 2.80. The van der Waals surface area contributed by atoms with Gasteiger partial charge >= 0.3 is 0 Å². The van der Waals surface area contributed by atoms with Crippen molar-refractivity contribution in [3.8, 4) is 0 Å². The molecule has 0 aromatic heterocycles. The van der Waals surface area contributed by atoms with Crippen LogP contribution in [-0.2, 0) is 4.79 Å². The van der Waals surface area contributed by atoms with E-state index in [1.807, 2.05) is 0 Å². The minimum Gasteiger partial charge on any atom is -0.377 e. The van der Waals surface area contributed by atoms with Crippen LogP contribution in [-0.4, -0.2) is 29.9 Å². The fourth-order valence-electron chi connectivity index (χ4n) is 2.27. The van der Waals surface area contributed by atoms with Crippen molar-refractivity contribution in [2.75, 3.05) is 18.4 Å². The number of carbonyl (C=O) groups excluding carboxylic acids is 1. The Kier molecular flexibility index (Phi) is 4.34. The van der Waals surface area contributed by atoms with Gasteiger partial charge in [0.2, 0.25) is 11.7 Å². The third-order valence-corrected chi connectivity index (χ3v) is 3.50. The zero-order valence-corrected chi connectivity index (χ0v) is 11.2. The molecule has 21 heavy (non-hydrogen) atoms. The summed E-state index contributed by atoms with van der Waals surface area (Å²) < 4.78 is 66.1. The van der Waals surface area contributed by atoms with E-state index in [1.165, 1.54) is 6.92 Å². The number of amides is 1. The van der Waals surface area contributed by atoms with E-state index >= 15 is 0 Å². The average Bonchev–Trinajstić information content (AvgIpc) is 2.48. The van der Waals surface area contributed by atoms with Gasteiger partial charge in [-0.2, -0.15) is 0 Å². The maximum Gasteiger partial charge on any atom is 0.219 e. The van der Waals surface area contributed by atoms with Gasteiger partial charge in [-0.1, -0.05) is 0 Å². The minimum absolute atomic E-state index is 0.121. The van der Waals surface area contributed by atoms with Crippen molar-refractivity contribution in [1.29, 1.82) is 0 Å². The first-order chi connectivity index (χ1) is 9.82. The van der Waals surface area contributed by atoms with Gasteiger partial charge in [0.05, 0.1) is 0 Å². The molecule has 8 heteroatoms. The molecular weight excluding hydrogens is 295 g/mol. The third kappa shape index (κ3) is 2.93. The van der Waals surface area contributed by atoms with E-state index in [1.54, 1.807) is 4.90 Å². The van der Waals surface area contributed by atoms with Crippen LogP contribution in [0.4, 0.5) is 27.6 Å². The van der Waals surface area contributed by atoms with Gasteiger partial charge < -0.3 is 10.2 Å². The molecule has 0 radical (unpaired) electrons. The molecule has 1 N–H and O–H groups in total. The van der Waals surface area contributed by atoms with E-state index in [9.17, 15) is 26.7 Å². The van der Waals surface area contributed by atoms with Crippen molar-refractivity contribution < 1.29 is 26.7 Å². The number of piperidine rings is 1. The van der Waals surface area contributed by atoms with Crippen LogP contribution in [0.25, 0.3) is 0 Å².